The standard InChI is InChI=1S/C12H20N2O2/c1-12(2,3)16-11(15)14-13-10-7-8-5-4-6-9(8)10/h4,6,8-10,13H,5,7H2,1-3H3,(H,14,15). The molecule has 4 nitrogen and oxygen atoms in total. The number of hydrogen-bond donors (Lipinski definition) is 2. The number of carbonyl (C=O) groups is 1. The number of allylic oxidation sites excluding steroid dienone is 1. The molecule has 0 aromatic heterocycles. The quantitative estimate of drug-likeness (QED) is 0.557. The third-order valence-electron chi connectivity index (χ3n) is 3.12. The van der Waals surface area contributed by atoms with Gasteiger partial charge in [0.25, 0.3) is 0 Å². The molecule has 0 aliphatic heterocycles. The summed E-state index contributed by atoms with van der Waals surface area (Å²) in [4.78, 5) is 11.4. The maximum Gasteiger partial charge on any atom is 0.422 e. The zero-order valence-electron chi connectivity index (χ0n) is 10.1. The number of hydrogen-bond acceptors (Lipinski definition) is 3. The first-order valence-corrected chi connectivity index (χ1v) is 5.87. The monoisotopic (exact) mass is 224 g/mol. The van der Waals surface area contributed by atoms with Crippen LogP contribution in [-0.4, -0.2) is 17.7 Å². The third-order valence-corrected chi connectivity index (χ3v) is 3.12. The predicted octanol–water partition coefficient (Wildman–Crippen LogP) is 1.98. The summed E-state index contributed by atoms with van der Waals surface area (Å²) in [6.07, 6.45) is 6.38. The number of amides is 1. The Balaban J connectivity index is 1.68. The van der Waals surface area contributed by atoms with E-state index in [9.17, 15) is 4.79 Å². The van der Waals surface area contributed by atoms with Crippen LogP contribution < -0.4 is 10.9 Å². The van der Waals surface area contributed by atoms with Crippen molar-refractivity contribution in [2.24, 2.45) is 11.8 Å². The summed E-state index contributed by atoms with van der Waals surface area (Å²) >= 11 is 0. The summed E-state index contributed by atoms with van der Waals surface area (Å²) in [5.74, 6) is 1.38. The Morgan fingerprint density at radius 2 is 2.19 bits per heavy atom. The summed E-state index contributed by atoms with van der Waals surface area (Å²) in [7, 11) is 0. The molecule has 1 fully saturated rings. The second kappa shape index (κ2) is 4.09. The number of ether oxygens (including phenoxy) is 1. The first-order valence-electron chi connectivity index (χ1n) is 5.87. The molecule has 0 bridgehead atoms. The molecule has 16 heavy (non-hydrogen) atoms. The third kappa shape index (κ3) is 2.55. The Labute approximate surface area is 96.4 Å². The minimum Gasteiger partial charge on any atom is -0.443 e. The van der Waals surface area contributed by atoms with Crippen LogP contribution in [-0.2, 0) is 4.74 Å². The average Bonchev–Trinajstić information content (AvgIpc) is 2.44. The molecule has 3 unspecified atom stereocenters. The molecule has 0 radical (unpaired) electrons. The highest BCUT2D eigenvalue weighted by atomic mass is 16.6. The van der Waals surface area contributed by atoms with Gasteiger partial charge in [0.2, 0.25) is 0 Å². The van der Waals surface area contributed by atoms with Crippen LogP contribution in [0.4, 0.5) is 4.79 Å². The lowest BCUT2D eigenvalue weighted by Crippen LogP contribution is -2.55. The topological polar surface area (TPSA) is 50.4 Å². The average molecular weight is 224 g/mol. The van der Waals surface area contributed by atoms with Crippen molar-refractivity contribution in [3.05, 3.63) is 12.2 Å². The van der Waals surface area contributed by atoms with Gasteiger partial charge in [-0.25, -0.2) is 10.2 Å². The first-order chi connectivity index (χ1) is 7.46. The minimum atomic E-state index is -0.443. The van der Waals surface area contributed by atoms with Gasteiger partial charge in [-0.05, 0) is 45.4 Å². The fourth-order valence-electron chi connectivity index (χ4n) is 2.34. The van der Waals surface area contributed by atoms with Crippen molar-refractivity contribution in [3.8, 4) is 0 Å². The van der Waals surface area contributed by atoms with Crippen molar-refractivity contribution < 1.29 is 9.53 Å². The first kappa shape index (κ1) is 11.5. The van der Waals surface area contributed by atoms with Crippen LogP contribution in [0.3, 0.4) is 0 Å². The maximum atomic E-state index is 11.4. The summed E-state index contributed by atoms with van der Waals surface area (Å²) < 4.78 is 5.14. The molecule has 0 aromatic rings. The molecule has 1 saturated carbocycles. The Kier molecular flexibility index (Phi) is 2.93. The van der Waals surface area contributed by atoms with E-state index in [1.54, 1.807) is 0 Å². The fourth-order valence-corrected chi connectivity index (χ4v) is 2.34. The SMILES string of the molecule is CC(C)(C)OC(=O)NNC1CC2CC=CC21. The summed E-state index contributed by atoms with van der Waals surface area (Å²) in [6, 6.07) is 0.372. The van der Waals surface area contributed by atoms with Gasteiger partial charge in [0.15, 0.2) is 0 Å². The lowest BCUT2D eigenvalue weighted by Gasteiger charge is -2.40. The Hall–Kier alpha value is -1.03. The van der Waals surface area contributed by atoms with Gasteiger partial charge in [-0.15, -0.1) is 0 Å². The van der Waals surface area contributed by atoms with Crippen molar-refractivity contribution in [1.29, 1.82) is 0 Å². The fraction of sp³-hybridized carbons (Fsp3) is 0.750. The van der Waals surface area contributed by atoms with Gasteiger partial charge in [-0.1, -0.05) is 12.2 Å². The molecule has 2 rings (SSSR count). The van der Waals surface area contributed by atoms with Gasteiger partial charge < -0.3 is 4.74 Å². The van der Waals surface area contributed by atoms with Crippen molar-refractivity contribution in [3.63, 3.8) is 0 Å². The van der Waals surface area contributed by atoms with Gasteiger partial charge in [-0.2, -0.15) is 0 Å². The maximum absolute atomic E-state index is 11.4. The number of nitrogens with one attached hydrogen (secondary N) is 2. The summed E-state index contributed by atoms with van der Waals surface area (Å²) in [5.41, 5.74) is 5.20. The van der Waals surface area contributed by atoms with Crippen molar-refractivity contribution in [1.82, 2.24) is 10.9 Å². The van der Waals surface area contributed by atoms with E-state index in [1.807, 2.05) is 20.8 Å². The predicted molar refractivity (Wildman–Crippen MR) is 61.6 cm³/mol. The van der Waals surface area contributed by atoms with Crippen molar-refractivity contribution in [2.45, 2.75) is 45.3 Å². The van der Waals surface area contributed by atoms with E-state index >= 15 is 0 Å². The smallest absolute Gasteiger partial charge is 0.422 e. The highest BCUT2D eigenvalue weighted by molar-refractivity contribution is 5.67. The van der Waals surface area contributed by atoms with E-state index in [-0.39, 0.29) is 0 Å². The number of hydrazine groups is 1. The molecular weight excluding hydrogens is 204 g/mol. The van der Waals surface area contributed by atoms with Crippen LogP contribution in [0.1, 0.15) is 33.6 Å². The van der Waals surface area contributed by atoms with Crippen LogP contribution >= 0.6 is 0 Å². The molecule has 2 N–H and O–H groups in total. The number of carbonyl (C=O) groups excluding carboxylic acids is 1. The second-order valence-corrected chi connectivity index (χ2v) is 5.61. The largest absolute Gasteiger partial charge is 0.443 e. The van der Waals surface area contributed by atoms with E-state index in [2.05, 4.69) is 23.0 Å². The van der Waals surface area contributed by atoms with Crippen LogP contribution in [0.25, 0.3) is 0 Å². The summed E-state index contributed by atoms with van der Waals surface area (Å²) in [5, 5.41) is 0. The highest BCUT2D eigenvalue weighted by Gasteiger charge is 2.41. The zero-order chi connectivity index (χ0) is 11.8. The van der Waals surface area contributed by atoms with Gasteiger partial charge in [0.1, 0.15) is 5.60 Å². The molecule has 4 heteroatoms. The van der Waals surface area contributed by atoms with E-state index in [0.717, 1.165) is 12.3 Å². The number of rotatable bonds is 2. The van der Waals surface area contributed by atoms with Gasteiger partial charge in [-0.3, -0.25) is 5.43 Å². The zero-order valence-corrected chi connectivity index (χ0v) is 10.1. The lowest BCUT2D eigenvalue weighted by atomic mass is 9.72. The van der Waals surface area contributed by atoms with Crippen molar-refractivity contribution >= 4 is 6.09 Å². The molecule has 3 atom stereocenters. The van der Waals surface area contributed by atoms with E-state index in [0.29, 0.717) is 12.0 Å². The molecule has 2 aliphatic carbocycles. The normalized spacial score (nSPS) is 31.8. The number of fused-ring (bicyclic) bond motifs is 1. The molecule has 90 valence electrons. The summed E-state index contributed by atoms with van der Waals surface area (Å²) in [6.45, 7) is 5.56. The van der Waals surface area contributed by atoms with Crippen LogP contribution in [0.2, 0.25) is 0 Å². The molecule has 0 heterocycles. The Bertz CT molecular complexity index is 307. The second-order valence-electron chi connectivity index (χ2n) is 5.61. The van der Waals surface area contributed by atoms with Crippen LogP contribution in [0.15, 0.2) is 12.2 Å². The van der Waals surface area contributed by atoms with Gasteiger partial charge in [0, 0.05) is 6.04 Å². The van der Waals surface area contributed by atoms with Gasteiger partial charge in [0.05, 0.1) is 0 Å². The van der Waals surface area contributed by atoms with E-state index in [4.69, 9.17) is 4.74 Å². The van der Waals surface area contributed by atoms with Crippen LogP contribution in [0, 0.1) is 11.8 Å². The molecule has 1 amide bonds. The van der Waals surface area contributed by atoms with Crippen LogP contribution in [0.5, 0.6) is 0 Å². The van der Waals surface area contributed by atoms with Gasteiger partial charge >= 0.3 is 6.09 Å². The Morgan fingerprint density at radius 3 is 2.81 bits per heavy atom. The molecule has 2 aliphatic rings. The lowest BCUT2D eigenvalue weighted by molar-refractivity contribution is 0.0438. The van der Waals surface area contributed by atoms with E-state index < -0.39 is 11.7 Å². The molecule has 0 spiro atoms. The highest BCUT2D eigenvalue weighted by Crippen LogP contribution is 2.42. The molecule has 0 aromatic carbocycles. The minimum absolute atomic E-state index is 0.372. The Morgan fingerprint density at radius 1 is 1.44 bits per heavy atom. The molecular formula is C12H20N2O2. The molecule has 0 saturated heterocycles. The van der Waals surface area contributed by atoms with Crippen molar-refractivity contribution in [2.75, 3.05) is 0 Å². The van der Waals surface area contributed by atoms with E-state index in [1.165, 1.54) is 6.42 Å².